The van der Waals surface area contributed by atoms with Gasteiger partial charge < -0.3 is 10.6 Å². The van der Waals surface area contributed by atoms with Crippen molar-refractivity contribution in [3.8, 4) is 0 Å². The Labute approximate surface area is 131 Å². The van der Waals surface area contributed by atoms with Crippen LogP contribution in [0.15, 0.2) is 10.4 Å². The van der Waals surface area contributed by atoms with Gasteiger partial charge in [0.15, 0.2) is 5.96 Å². The summed E-state index contributed by atoms with van der Waals surface area (Å²) < 4.78 is 0. The van der Waals surface area contributed by atoms with Crippen molar-refractivity contribution in [3.05, 3.63) is 16.1 Å². The zero-order valence-electron chi connectivity index (χ0n) is 11.3. The second-order valence-electron chi connectivity index (χ2n) is 3.79. The molecule has 4 nitrogen and oxygen atoms in total. The Morgan fingerprint density at radius 2 is 2.17 bits per heavy atom. The van der Waals surface area contributed by atoms with Crippen LogP contribution in [0.4, 0.5) is 0 Å². The van der Waals surface area contributed by atoms with Crippen molar-refractivity contribution in [2.75, 3.05) is 13.6 Å². The van der Waals surface area contributed by atoms with Gasteiger partial charge in [0.2, 0.25) is 0 Å². The topological polar surface area (TPSA) is 49.3 Å². The van der Waals surface area contributed by atoms with E-state index >= 15 is 0 Å². The van der Waals surface area contributed by atoms with Gasteiger partial charge in [-0.3, -0.25) is 4.99 Å². The number of hydrogen-bond acceptors (Lipinski definition) is 3. The molecule has 0 aliphatic heterocycles. The van der Waals surface area contributed by atoms with Crippen LogP contribution in [-0.2, 0) is 13.0 Å². The van der Waals surface area contributed by atoms with Crippen LogP contribution < -0.4 is 10.6 Å². The van der Waals surface area contributed by atoms with Gasteiger partial charge in [-0.1, -0.05) is 20.3 Å². The van der Waals surface area contributed by atoms with Crippen molar-refractivity contribution in [1.82, 2.24) is 15.6 Å². The fourth-order valence-electron chi connectivity index (χ4n) is 1.37. The molecule has 0 aliphatic carbocycles. The molecule has 0 atom stereocenters. The minimum absolute atomic E-state index is 0. The van der Waals surface area contributed by atoms with Crippen molar-refractivity contribution in [2.45, 2.75) is 39.7 Å². The summed E-state index contributed by atoms with van der Waals surface area (Å²) in [5.41, 5.74) is 1.09. The molecule has 0 aliphatic rings. The highest BCUT2D eigenvalue weighted by molar-refractivity contribution is 14.0. The summed E-state index contributed by atoms with van der Waals surface area (Å²) in [6.45, 7) is 6.01. The highest BCUT2D eigenvalue weighted by Gasteiger charge is 2.01. The number of aryl methyl sites for hydroxylation is 1. The van der Waals surface area contributed by atoms with E-state index < -0.39 is 0 Å². The van der Waals surface area contributed by atoms with E-state index in [4.69, 9.17) is 0 Å². The monoisotopic (exact) mass is 382 g/mol. The van der Waals surface area contributed by atoms with E-state index in [0.717, 1.165) is 37.6 Å². The first-order valence-electron chi connectivity index (χ1n) is 6.17. The van der Waals surface area contributed by atoms with E-state index in [2.05, 4.69) is 39.8 Å². The Morgan fingerprint density at radius 1 is 1.39 bits per heavy atom. The Balaban J connectivity index is 0.00000289. The molecule has 18 heavy (non-hydrogen) atoms. The number of halogens is 1. The Morgan fingerprint density at radius 3 is 2.72 bits per heavy atom. The van der Waals surface area contributed by atoms with E-state index in [9.17, 15) is 0 Å². The van der Waals surface area contributed by atoms with Crippen LogP contribution in [0.1, 0.15) is 37.4 Å². The van der Waals surface area contributed by atoms with Gasteiger partial charge in [0, 0.05) is 19.0 Å². The van der Waals surface area contributed by atoms with Gasteiger partial charge in [-0.25, -0.2) is 4.98 Å². The molecular weight excluding hydrogens is 359 g/mol. The SMILES string of the molecule is CCCCNC(=NC)NCc1csc(CC)n1.I. The molecule has 1 aromatic heterocycles. The normalized spacial score (nSPS) is 10.9. The smallest absolute Gasteiger partial charge is 0.191 e. The second kappa shape index (κ2) is 10.5. The molecule has 0 fully saturated rings. The summed E-state index contributed by atoms with van der Waals surface area (Å²) in [5.74, 6) is 0.851. The molecule has 1 aromatic rings. The fourth-order valence-corrected chi connectivity index (χ4v) is 2.12. The molecule has 6 heteroatoms. The molecule has 0 radical (unpaired) electrons. The summed E-state index contributed by atoms with van der Waals surface area (Å²) >= 11 is 1.72. The van der Waals surface area contributed by atoms with Crippen LogP contribution in [0, 0.1) is 0 Å². The van der Waals surface area contributed by atoms with Crippen LogP contribution in [0.5, 0.6) is 0 Å². The molecule has 0 saturated carbocycles. The van der Waals surface area contributed by atoms with Crippen molar-refractivity contribution in [1.29, 1.82) is 0 Å². The fraction of sp³-hybridized carbons (Fsp3) is 0.667. The number of thiazole rings is 1. The number of unbranched alkanes of at least 4 members (excludes halogenated alkanes) is 1. The van der Waals surface area contributed by atoms with E-state index in [1.807, 2.05) is 0 Å². The summed E-state index contributed by atoms with van der Waals surface area (Å²) in [6, 6.07) is 0. The average molecular weight is 382 g/mol. The van der Waals surface area contributed by atoms with Crippen LogP contribution in [0.25, 0.3) is 0 Å². The Bertz CT molecular complexity index is 352. The van der Waals surface area contributed by atoms with Crippen LogP contribution in [0.3, 0.4) is 0 Å². The second-order valence-corrected chi connectivity index (χ2v) is 4.73. The molecule has 2 N–H and O–H groups in total. The van der Waals surface area contributed by atoms with Crippen LogP contribution >= 0.6 is 35.3 Å². The number of nitrogens with one attached hydrogen (secondary N) is 2. The Kier molecular flexibility index (Phi) is 10.3. The summed E-state index contributed by atoms with van der Waals surface area (Å²) in [6.07, 6.45) is 3.36. The third-order valence-electron chi connectivity index (χ3n) is 2.39. The molecule has 104 valence electrons. The molecule has 0 aromatic carbocycles. The molecule has 1 rings (SSSR count). The molecule has 1 heterocycles. The van der Waals surface area contributed by atoms with Gasteiger partial charge in [-0.2, -0.15) is 0 Å². The molecule has 0 amide bonds. The van der Waals surface area contributed by atoms with E-state index in [0.29, 0.717) is 0 Å². The zero-order chi connectivity index (χ0) is 12.5. The van der Waals surface area contributed by atoms with Crippen molar-refractivity contribution >= 4 is 41.3 Å². The van der Waals surface area contributed by atoms with E-state index in [1.54, 1.807) is 18.4 Å². The highest BCUT2D eigenvalue weighted by Crippen LogP contribution is 2.09. The summed E-state index contributed by atoms with van der Waals surface area (Å²) in [7, 11) is 1.79. The van der Waals surface area contributed by atoms with E-state index in [-0.39, 0.29) is 24.0 Å². The first-order valence-corrected chi connectivity index (χ1v) is 7.05. The lowest BCUT2D eigenvalue weighted by atomic mass is 10.3. The molecule has 0 spiro atoms. The summed E-state index contributed by atoms with van der Waals surface area (Å²) in [4.78, 5) is 8.68. The predicted molar refractivity (Wildman–Crippen MR) is 90.0 cm³/mol. The number of nitrogens with zero attached hydrogens (tertiary/aromatic N) is 2. The van der Waals surface area contributed by atoms with E-state index in [1.165, 1.54) is 11.4 Å². The van der Waals surface area contributed by atoms with Crippen LogP contribution in [-0.4, -0.2) is 24.5 Å². The van der Waals surface area contributed by atoms with Crippen molar-refractivity contribution in [2.24, 2.45) is 4.99 Å². The standard InChI is InChI=1S/C12H22N4S.HI/c1-4-6-7-14-12(13-3)15-8-10-9-17-11(5-2)16-10;/h9H,4-8H2,1-3H3,(H2,13,14,15);1H. The first kappa shape index (κ1) is 17.6. The van der Waals surface area contributed by atoms with Crippen molar-refractivity contribution < 1.29 is 0 Å². The first-order chi connectivity index (χ1) is 8.30. The Hall–Kier alpha value is -0.370. The largest absolute Gasteiger partial charge is 0.356 e. The van der Waals surface area contributed by atoms with Gasteiger partial charge in [0.25, 0.3) is 0 Å². The van der Waals surface area contributed by atoms with Gasteiger partial charge in [-0.15, -0.1) is 35.3 Å². The number of rotatable bonds is 6. The maximum Gasteiger partial charge on any atom is 0.191 e. The third-order valence-corrected chi connectivity index (χ3v) is 3.43. The number of aromatic nitrogens is 1. The summed E-state index contributed by atoms with van der Waals surface area (Å²) in [5, 5.41) is 9.83. The van der Waals surface area contributed by atoms with Gasteiger partial charge in [0.05, 0.1) is 17.2 Å². The average Bonchev–Trinajstić information content (AvgIpc) is 2.81. The number of hydrogen-bond donors (Lipinski definition) is 2. The highest BCUT2D eigenvalue weighted by atomic mass is 127. The number of guanidine groups is 1. The molecule has 0 unspecified atom stereocenters. The minimum Gasteiger partial charge on any atom is -0.356 e. The third kappa shape index (κ3) is 6.53. The van der Waals surface area contributed by atoms with Crippen LogP contribution in [0.2, 0.25) is 0 Å². The van der Waals surface area contributed by atoms with Crippen molar-refractivity contribution in [3.63, 3.8) is 0 Å². The molecular formula is C12H23IN4S. The lowest BCUT2D eigenvalue weighted by molar-refractivity contribution is 0.726. The van der Waals surface area contributed by atoms with Gasteiger partial charge in [0.1, 0.15) is 0 Å². The van der Waals surface area contributed by atoms with Gasteiger partial charge in [-0.05, 0) is 12.8 Å². The minimum atomic E-state index is 0. The zero-order valence-corrected chi connectivity index (χ0v) is 14.5. The predicted octanol–water partition coefficient (Wildman–Crippen LogP) is 2.79. The van der Waals surface area contributed by atoms with Gasteiger partial charge >= 0.3 is 0 Å². The lowest BCUT2D eigenvalue weighted by Gasteiger charge is -2.10. The maximum absolute atomic E-state index is 4.50. The maximum atomic E-state index is 4.50. The quantitative estimate of drug-likeness (QED) is 0.344. The molecule has 0 bridgehead atoms. The number of aliphatic imine (C=N–C) groups is 1. The lowest BCUT2D eigenvalue weighted by Crippen LogP contribution is -2.37. The molecule has 0 saturated heterocycles.